The van der Waals surface area contributed by atoms with E-state index in [9.17, 15) is 9.59 Å². The average Bonchev–Trinajstić information content (AvgIpc) is 2.81. The van der Waals surface area contributed by atoms with Crippen LogP contribution in [0.15, 0.2) is 30.6 Å². The number of aliphatic carboxylic acids is 1. The van der Waals surface area contributed by atoms with E-state index in [4.69, 9.17) is 5.11 Å². The molecule has 0 aromatic carbocycles. The van der Waals surface area contributed by atoms with Gasteiger partial charge in [-0.2, -0.15) is 5.10 Å². The summed E-state index contributed by atoms with van der Waals surface area (Å²) in [4.78, 5) is 23.0. The van der Waals surface area contributed by atoms with Gasteiger partial charge in [0.05, 0.1) is 11.8 Å². The molecule has 0 saturated carbocycles. The third-order valence-electron chi connectivity index (χ3n) is 2.80. The number of nitrogens with zero attached hydrogens (tertiary/aromatic N) is 2. The molecule has 0 radical (unpaired) electrons. The highest BCUT2D eigenvalue weighted by Crippen LogP contribution is 2.27. The summed E-state index contributed by atoms with van der Waals surface area (Å²) >= 11 is 0. The van der Waals surface area contributed by atoms with Crippen molar-refractivity contribution in [1.82, 2.24) is 9.78 Å². The first-order valence-corrected chi connectivity index (χ1v) is 5.12. The van der Waals surface area contributed by atoms with Crippen molar-refractivity contribution in [2.24, 2.45) is 11.8 Å². The fourth-order valence-corrected chi connectivity index (χ4v) is 1.93. The Bertz CT molecular complexity index is 422. The highest BCUT2D eigenvalue weighted by Gasteiger charge is 2.34. The normalized spacial score (nSPS) is 24.2. The van der Waals surface area contributed by atoms with Crippen molar-refractivity contribution in [3.05, 3.63) is 30.6 Å². The van der Waals surface area contributed by atoms with Crippen LogP contribution in [0.4, 0.5) is 0 Å². The van der Waals surface area contributed by atoms with Crippen molar-refractivity contribution in [1.29, 1.82) is 0 Å². The minimum atomic E-state index is -0.921. The first-order valence-electron chi connectivity index (χ1n) is 5.12. The zero-order valence-electron chi connectivity index (χ0n) is 8.61. The standard InChI is InChI=1S/C11H12N2O3/c14-10(13-7-3-6-12-13)8-4-1-2-5-9(8)11(15)16/h1-3,6-9H,4-5H2,(H,15,16)/t8-,9+/m1/s1. The largest absolute Gasteiger partial charge is 0.481 e. The Morgan fingerprint density at radius 1 is 1.25 bits per heavy atom. The van der Waals surface area contributed by atoms with E-state index < -0.39 is 17.8 Å². The van der Waals surface area contributed by atoms with Crippen molar-refractivity contribution >= 4 is 11.9 Å². The summed E-state index contributed by atoms with van der Waals surface area (Å²) in [5.74, 6) is -2.32. The van der Waals surface area contributed by atoms with Crippen molar-refractivity contribution in [2.45, 2.75) is 12.8 Å². The molecular formula is C11H12N2O3. The lowest BCUT2D eigenvalue weighted by Gasteiger charge is -2.23. The van der Waals surface area contributed by atoms with Gasteiger partial charge in [0.2, 0.25) is 0 Å². The minimum Gasteiger partial charge on any atom is -0.481 e. The van der Waals surface area contributed by atoms with Crippen LogP contribution in [0.2, 0.25) is 0 Å². The monoisotopic (exact) mass is 220 g/mol. The summed E-state index contributed by atoms with van der Waals surface area (Å²) in [5, 5.41) is 12.9. The van der Waals surface area contributed by atoms with Crippen LogP contribution in [0.5, 0.6) is 0 Å². The smallest absolute Gasteiger partial charge is 0.307 e. The van der Waals surface area contributed by atoms with E-state index in [1.54, 1.807) is 12.3 Å². The molecule has 0 unspecified atom stereocenters. The molecule has 0 fully saturated rings. The molecule has 84 valence electrons. The van der Waals surface area contributed by atoms with Gasteiger partial charge in [0.1, 0.15) is 0 Å². The second kappa shape index (κ2) is 4.30. The molecular weight excluding hydrogens is 208 g/mol. The molecule has 2 atom stereocenters. The zero-order chi connectivity index (χ0) is 11.5. The molecule has 0 aliphatic heterocycles. The van der Waals surface area contributed by atoms with Crippen LogP contribution in [-0.2, 0) is 4.79 Å². The van der Waals surface area contributed by atoms with Gasteiger partial charge in [-0.1, -0.05) is 12.2 Å². The lowest BCUT2D eigenvalue weighted by Crippen LogP contribution is -2.34. The molecule has 5 heteroatoms. The second-order valence-corrected chi connectivity index (χ2v) is 3.78. The number of carbonyl (C=O) groups excluding carboxylic acids is 1. The van der Waals surface area contributed by atoms with Crippen LogP contribution < -0.4 is 0 Å². The fraction of sp³-hybridized carbons (Fsp3) is 0.364. The van der Waals surface area contributed by atoms with Gasteiger partial charge in [0.15, 0.2) is 0 Å². The minimum absolute atomic E-state index is 0.248. The first kappa shape index (κ1) is 10.6. The van der Waals surface area contributed by atoms with E-state index in [-0.39, 0.29) is 5.91 Å². The Morgan fingerprint density at radius 3 is 2.50 bits per heavy atom. The molecule has 2 rings (SSSR count). The third kappa shape index (κ3) is 1.88. The Morgan fingerprint density at radius 2 is 1.94 bits per heavy atom. The van der Waals surface area contributed by atoms with E-state index in [0.717, 1.165) is 0 Å². The SMILES string of the molecule is O=C(O)[C@H]1CC=CC[C@H]1C(=O)n1cccn1. The summed E-state index contributed by atoms with van der Waals surface area (Å²) < 4.78 is 1.21. The van der Waals surface area contributed by atoms with Gasteiger partial charge < -0.3 is 5.11 Å². The molecule has 1 N–H and O–H groups in total. The molecule has 0 amide bonds. The maximum atomic E-state index is 12.0. The molecule has 1 aliphatic carbocycles. The van der Waals surface area contributed by atoms with Crippen molar-refractivity contribution in [3.63, 3.8) is 0 Å². The summed E-state index contributed by atoms with van der Waals surface area (Å²) in [6.07, 6.45) is 7.59. The Balaban J connectivity index is 2.22. The molecule has 5 nitrogen and oxygen atoms in total. The fourth-order valence-electron chi connectivity index (χ4n) is 1.93. The predicted octanol–water partition coefficient (Wildman–Crippen LogP) is 1.19. The number of carbonyl (C=O) groups is 2. The lowest BCUT2D eigenvalue weighted by molar-refractivity contribution is -0.143. The predicted molar refractivity (Wildman–Crippen MR) is 55.8 cm³/mol. The Hall–Kier alpha value is -1.91. The van der Waals surface area contributed by atoms with Crippen molar-refractivity contribution in [2.75, 3.05) is 0 Å². The Kier molecular flexibility index (Phi) is 2.85. The van der Waals surface area contributed by atoms with Gasteiger partial charge in [0, 0.05) is 12.4 Å². The van der Waals surface area contributed by atoms with E-state index >= 15 is 0 Å². The third-order valence-corrected chi connectivity index (χ3v) is 2.80. The molecule has 1 aromatic rings. The van der Waals surface area contributed by atoms with Crippen LogP contribution in [0, 0.1) is 11.8 Å². The second-order valence-electron chi connectivity index (χ2n) is 3.78. The number of carboxylic acids is 1. The molecule has 0 bridgehead atoms. The van der Waals surface area contributed by atoms with Crippen LogP contribution in [0.25, 0.3) is 0 Å². The molecule has 16 heavy (non-hydrogen) atoms. The number of allylic oxidation sites excluding steroid dienone is 2. The van der Waals surface area contributed by atoms with E-state index in [1.165, 1.54) is 10.9 Å². The lowest BCUT2D eigenvalue weighted by atomic mass is 9.82. The summed E-state index contributed by atoms with van der Waals surface area (Å²) in [6, 6.07) is 1.65. The summed E-state index contributed by atoms with van der Waals surface area (Å²) in [7, 11) is 0. The maximum absolute atomic E-state index is 12.0. The highest BCUT2D eigenvalue weighted by atomic mass is 16.4. The molecule has 0 saturated heterocycles. The highest BCUT2D eigenvalue weighted by molar-refractivity contribution is 5.86. The molecule has 0 spiro atoms. The van der Waals surface area contributed by atoms with Gasteiger partial charge in [-0.05, 0) is 18.9 Å². The van der Waals surface area contributed by atoms with Crippen LogP contribution >= 0.6 is 0 Å². The van der Waals surface area contributed by atoms with Gasteiger partial charge >= 0.3 is 5.97 Å². The van der Waals surface area contributed by atoms with Crippen LogP contribution in [0.3, 0.4) is 0 Å². The van der Waals surface area contributed by atoms with Crippen LogP contribution in [0.1, 0.15) is 17.6 Å². The van der Waals surface area contributed by atoms with Gasteiger partial charge in [-0.25, -0.2) is 4.68 Å². The van der Waals surface area contributed by atoms with E-state index in [2.05, 4.69) is 5.10 Å². The number of rotatable bonds is 2. The molecule has 1 heterocycles. The molecule has 1 aromatic heterocycles. The number of hydrogen-bond acceptors (Lipinski definition) is 3. The maximum Gasteiger partial charge on any atom is 0.307 e. The summed E-state index contributed by atoms with van der Waals surface area (Å²) in [5.41, 5.74) is 0. The van der Waals surface area contributed by atoms with Crippen molar-refractivity contribution in [3.8, 4) is 0 Å². The van der Waals surface area contributed by atoms with Gasteiger partial charge in [0.25, 0.3) is 5.91 Å². The number of hydrogen-bond donors (Lipinski definition) is 1. The number of aromatic nitrogens is 2. The van der Waals surface area contributed by atoms with Crippen LogP contribution in [-0.4, -0.2) is 26.8 Å². The molecule has 1 aliphatic rings. The van der Waals surface area contributed by atoms with E-state index in [1.807, 2.05) is 12.2 Å². The number of carboxylic acid groups (broad SMARTS) is 1. The summed E-state index contributed by atoms with van der Waals surface area (Å²) in [6.45, 7) is 0. The topological polar surface area (TPSA) is 72.2 Å². The van der Waals surface area contributed by atoms with Crippen molar-refractivity contribution < 1.29 is 14.7 Å². The van der Waals surface area contributed by atoms with E-state index in [0.29, 0.717) is 12.8 Å². The quantitative estimate of drug-likeness (QED) is 0.760. The van der Waals surface area contributed by atoms with Gasteiger partial charge in [-0.15, -0.1) is 0 Å². The first-order chi connectivity index (χ1) is 7.70. The average molecular weight is 220 g/mol. The van der Waals surface area contributed by atoms with Gasteiger partial charge in [-0.3, -0.25) is 9.59 Å². The zero-order valence-corrected chi connectivity index (χ0v) is 8.61. The Labute approximate surface area is 92.4 Å².